The number of methoxy groups -OCH3 is 1. The molecule has 0 radical (unpaired) electrons. The number of rotatable bonds is 4. The van der Waals surface area contributed by atoms with Crippen LogP contribution in [0.4, 0.5) is 0 Å². The van der Waals surface area contributed by atoms with Crippen LogP contribution in [0.1, 0.15) is 40.4 Å². The number of pyridine rings is 1. The Kier molecular flexibility index (Phi) is 3.45. The lowest BCUT2D eigenvalue weighted by molar-refractivity contribution is 0.103. The predicted octanol–water partition coefficient (Wildman–Crippen LogP) is 3.85. The maximum absolute atomic E-state index is 12.4. The van der Waals surface area contributed by atoms with Crippen LogP contribution in [-0.2, 0) is 0 Å². The SMILES string of the molecule is COc1nc(C(=O)c2cccc(Cl)c2)ccc1C1CC1. The number of hydrogen-bond donors (Lipinski definition) is 0. The number of halogens is 1. The molecule has 3 nitrogen and oxygen atoms in total. The van der Waals surface area contributed by atoms with Gasteiger partial charge in [-0.25, -0.2) is 4.98 Å². The minimum atomic E-state index is -0.145. The van der Waals surface area contributed by atoms with Gasteiger partial charge in [0.25, 0.3) is 0 Å². The zero-order valence-electron chi connectivity index (χ0n) is 11.1. The van der Waals surface area contributed by atoms with E-state index in [1.165, 1.54) is 12.8 Å². The Morgan fingerprint density at radius 2 is 2.10 bits per heavy atom. The normalized spacial score (nSPS) is 14.1. The van der Waals surface area contributed by atoms with Crippen LogP contribution < -0.4 is 4.74 Å². The summed E-state index contributed by atoms with van der Waals surface area (Å²) in [5.41, 5.74) is 2.01. The minimum absolute atomic E-state index is 0.145. The maximum atomic E-state index is 12.4. The summed E-state index contributed by atoms with van der Waals surface area (Å²) in [6.45, 7) is 0. The summed E-state index contributed by atoms with van der Waals surface area (Å²) in [4.78, 5) is 16.7. The van der Waals surface area contributed by atoms with Gasteiger partial charge in [-0.15, -0.1) is 0 Å². The van der Waals surface area contributed by atoms with Crippen molar-refractivity contribution in [1.29, 1.82) is 0 Å². The largest absolute Gasteiger partial charge is 0.481 e. The Bertz CT molecular complexity index is 665. The monoisotopic (exact) mass is 287 g/mol. The van der Waals surface area contributed by atoms with Crippen molar-refractivity contribution in [3.05, 3.63) is 58.2 Å². The van der Waals surface area contributed by atoms with Crippen molar-refractivity contribution in [3.63, 3.8) is 0 Å². The Morgan fingerprint density at radius 1 is 1.30 bits per heavy atom. The highest BCUT2D eigenvalue weighted by atomic mass is 35.5. The molecule has 0 unspecified atom stereocenters. The van der Waals surface area contributed by atoms with Crippen molar-refractivity contribution in [1.82, 2.24) is 4.98 Å². The summed E-state index contributed by atoms with van der Waals surface area (Å²) in [6.07, 6.45) is 2.33. The number of carbonyl (C=O) groups is 1. The first-order valence-corrected chi connectivity index (χ1v) is 6.92. The molecule has 0 amide bonds. The fourth-order valence-corrected chi connectivity index (χ4v) is 2.41. The van der Waals surface area contributed by atoms with Gasteiger partial charge in [-0.2, -0.15) is 0 Å². The lowest BCUT2D eigenvalue weighted by Gasteiger charge is -2.08. The van der Waals surface area contributed by atoms with Crippen molar-refractivity contribution in [2.75, 3.05) is 7.11 Å². The summed E-state index contributed by atoms with van der Waals surface area (Å²) >= 11 is 5.91. The van der Waals surface area contributed by atoms with Crippen molar-refractivity contribution in [3.8, 4) is 5.88 Å². The fourth-order valence-electron chi connectivity index (χ4n) is 2.22. The number of ketones is 1. The number of benzene rings is 1. The second-order valence-corrected chi connectivity index (χ2v) is 5.35. The number of hydrogen-bond acceptors (Lipinski definition) is 3. The van der Waals surface area contributed by atoms with Crippen LogP contribution in [0.5, 0.6) is 5.88 Å². The zero-order chi connectivity index (χ0) is 14.1. The van der Waals surface area contributed by atoms with Crippen molar-refractivity contribution in [2.24, 2.45) is 0 Å². The molecule has 0 saturated heterocycles. The van der Waals surface area contributed by atoms with Gasteiger partial charge in [-0.1, -0.05) is 29.8 Å². The molecule has 0 N–H and O–H groups in total. The molecule has 2 aromatic rings. The first-order valence-electron chi connectivity index (χ1n) is 6.54. The maximum Gasteiger partial charge on any atom is 0.217 e. The van der Waals surface area contributed by atoms with Crippen LogP contribution >= 0.6 is 11.6 Å². The highest BCUT2D eigenvalue weighted by Gasteiger charge is 2.28. The van der Waals surface area contributed by atoms with E-state index in [2.05, 4.69) is 4.98 Å². The minimum Gasteiger partial charge on any atom is -0.481 e. The van der Waals surface area contributed by atoms with Gasteiger partial charge < -0.3 is 4.74 Å². The average molecular weight is 288 g/mol. The second kappa shape index (κ2) is 5.25. The summed E-state index contributed by atoms with van der Waals surface area (Å²) in [5, 5.41) is 0.539. The van der Waals surface area contributed by atoms with E-state index < -0.39 is 0 Å². The van der Waals surface area contributed by atoms with Gasteiger partial charge in [0.05, 0.1) is 7.11 Å². The van der Waals surface area contributed by atoms with Gasteiger partial charge in [0.1, 0.15) is 5.69 Å². The van der Waals surface area contributed by atoms with E-state index in [0.29, 0.717) is 28.1 Å². The quantitative estimate of drug-likeness (QED) is 0.802. The van der Waals surface area contributed by atoms with Crippen LogP contribution in [0.3, 0.4) is 0 Å². The number of aromatic nitrogens is 1. The molecule has 3 rings (SSSR count). The van der Waals surface area contributed by atoms with Crippen molar-refractivity contribution in [2.45, 2.75) is 18.8 Å². The zero-order valence-corrected chi connectivity index (χ0v) is 11.9. The lowest BCUT2D eigenvalue weighted by atomic mass is 10.1. The fraction of sp³-hybridized carbons (Fsp3) is 0.250. The van der Waals surface area contributed by atoms with Crippen LogP contribution in [-0.4, -0.2) is 17.9 Å². The molecule has 102 valence electrons. The Balaban J connectivity index is 1.95. The van der Waals surface area contributed by atoms with Gasteiger partial charge in [0, 0.05) is 16.1 Å². The topological polar surface area (TPSA) is 39.2 Å². The molecule has 20 heavy (non-hydrogen) atoms. The summed E-state index contributed by atoms with van der Waals surface area (Å²) in [7, 11) is 1.59. The van der Waals surface area contributed by atoms with Crippen LogP contribution in [0.2, 0.25) is 5.02 Å². The second-order valence-electron chi connectivity index (χ2n) is 4.91. The third-order valence-corrected chi connectivity index (χ3v) is 3.65. The first-order chi connectivity index (χ1) is 9.69. The molecular formula is C16H14ClNO2. The predicted molar refractivity (Wildman–Crippen MR) is 77.6 cm³/mol. The molecule has 1 heterocycles. The molecule has 4 heteroatoms. The summed E-state index contributed by atoms with van der Waals surface area (Å²) in [6, 6.07) is 10.6. The Morgan fingerprint density at radius 3 is 2.75 bits per heavy atom. The van der Waals surface area contributed by atoms with Crippen molar-refractivity contribution < 1.29 is 9.53 Å². The molecule has 1 aromatic heterocycles. The molecule has 0 aliphatic heterocycles. The lowest BCUT2D eigenvalue weighted by Crippen LogP contribution is -2.06. The molecule has 1 aliphatic rings. The highest BCUT2D eigenvalue weighted by Crippen LogP contribution is 2.43. The molecule has 0 bridgehead atoms. The molecular weight excluding hydrogens is 274 g/mol. The molecule has 1 aromatic carbocycles. The smallest absolute Gasteiger partial charge is 0.217 e. The average Bonchev–Trinajstić information content (AvgIpc) is 3.30. The van der Waals surface area contributed by atoms with Gasteiger partial charge in [-0.05, 0) is 37.0 Å². The number of ether oxygens (including phenoxy) is 1. The van der Waals surface area contributed by atoms with E-state index in [-0.39, 0.29) is 5.78 Å². The van der Waals surface area contributed by atoms with E-state index in [1.54, 1.807) is 37.4 Å². The third kappa shape index (κ3) is 2.54. The van der Waals surface area contributed by atoms with Gasteiger partial charge in [-0.3, -0.25) is 4.79 Å². The van der Waals surface area contributed by atoms with E-state index in [4.69, 9.17) is 16.3 Å². The van der Waals surface area contributed by atoms with E-state index in [1.807, 2.05) is 6.07 Å². The molecule has 1 fully saturated rings. The van der Waals surface area contributed by atoms with E-state index in [0.717, 1.165) is 5.56 Å². The summed E-state index contributed by atoms with van der Waals surface area (Å²) in [5.74, 6) is 0.946. The number of carbonyl (C=O) groups excluding carboxylic acids is 1. The Hall–Kier alpha value is -1.87. The first kappa shape index (κ1) is 13.1. The third-order valence-electron chi connectivity index (χ3n) is 3.42. The number of nitrogens with zero attached hydrogens (tertiary/aromatic N) is 1. The molecule has 0 atom stereocenters. The Labute approximate surface area is 122 Å². The van der Waals surface area contributed by atoms with E-state index >= 15 is 0 Å². The van der Waals surface area contributed by atoms with Crippen LogP contribution in [0.15, 0.2) is 36.4 Å². The van der Waals surface area contributed by atoms with Crippen LogP contribution in [0, 0.1) is 0 Å². The molecule has 0 spiro atoms. The standard InChI is InChI=1S/C16H14ClNO2/c1-20-16-13(10-5-6-10)7-8-14(18-16)15(19)11-3-2-4-12(17)9-11/h2-4,7-10H,5-6H2,1H3. The van der Waals surface area contributed by atoms with Gasteiger partial charge in [0.2, 0.25) is 11.7 Å². The molecule has 1 aliphatic carbocycles. The molecule has 1 saturated carbocycles. The highest BCUT2D eigenvalue weighted by molar-refractivity contribution is 6.31. The summed E-state index contributed by atoms with van der Waals surface area (Å²) < 4.78 is 5.31. The van der Waals surface area contributed by atoms with Gasteiger partial charge >= 0.3 is 0 Å². The van der Waals surface area contributed by atoms with E-state index in [9.17, 15) is 4.79 Å². The van der Waals surface area contributed by atoms with Crippen molar-refractivity contribution >= 4 is 17.4 Å². The van der Waals surface area contributed by atoms with Gasteiger partial charge in [0.15, 0.2) is 0 Å². The van der Waals surface area contributed by atoms with Crippen LogP contribution in [0.25, 0.3) is 0 Å².